The van der Waals surface area contributed by atoms with Gasteiger partial charge in [-0.15, -0.1) is 0 Å². The SMILES string of the molecule is CCCCCCCCC(CCCCCC)COC(=O)CCCCCC(CCCCCC(=O)OCC(CCCCCC)CCCCCCCC)N(CCC)C(=O)CCCCCCC. The lowest BCUT2D eigenvalue weighted by molar-refractivity contribution is -0.146. The lowest BCUT2D eigenvalue weighted by Gasteiger charge is -2.32. The van der Waals surface area contributed by atoms with Crippen LogP contribution in [0.3, 0.4) is 0 Å². The number of esters is 2. The minimum atomic E-state index is -0.0345. The van der Waals surface area contributed by atoms with Crippen LogP contribution >= 0.6 is 0 Å². The van der Waals surface area contributed by atoms with Gasteiger partial charge in [0.15, 0.2) is 0 Å². The first-order valence-electron chi connectivity index (χ1n) is 28.0. The average molecular weight is 876 g/mol. The van der Waals surface area contributed by atoms with Crippen LogP contribution in [0.4, 0.5) is 0 Å². The fourth-order valence-corrected chi connectivity index (χ4v) is 9.22. The molecule has 0 aromatic carbocycles. The van der Waals surface area contributed by atoms with Gasteiger partial charge in [0.05, 0.1) is 13.2 Å². The third-order valence-electron chi connectivity index (χ3n) is 13.4. The molecular weight excluding hydrogens is 767 g/mol. The van der Waals surface area contributed by atoms with E-state index in [1.54, 1.807) is 0 Å². The molecule has 0 bridgehead atoms. The molecule has 2 unspecified atom stereocenters. The predicted octanol–water partition coefficient (Wildman–Crippen LogP) is 17.6. The fourth-order valence-electron chi connectivity index (χ4n) is 9.22. The number of hydrogen-bond donors (Lipinski definition) is 0. The van der Waals surface area contributed by atoms with Gasteiger partial charge in [-0.25, -0.2) is 0 Å². The van der Waals surface area contributed by atoms with Crippen molar-refractivity contribution in [1.29, 1.82) is 0 Å². The smallest absolute Gasteiger partial charge is 0.305 e. The maximum Gasteiger partial charge on any atom is 0.305 e. The Morgan fingerprint density at radius 1 is 0.339 bits per heavy atom. The Bertz CT molecular complexity index is 912. The Kier molecular flexibility index (Phi) is 46.2. The Morgan fingerprint density at radius 2 is 0.629 bits per heavy atom. The molecule has 1 amide bonds. The molecule has 0 aliphatic rings. The van der Waals surface area contributed by atoms with E-state index >= 15 is 0 Å². The highest BCUT2D eigenvalue weighted by Gasteiger charge is 2.23. The molecule has 0 saturated heterocycles. The van der Waals surface area contributed by atoms with Crippen molar-refractivity contribution >= 4 is 17.8 Å². The normalized spacial score (nSPS) is 12.9. The van der Waals surface area contributed by atoms with Crippen LogP contribution in [0.25, 0.3) is 0 Å². The molecule has 62 heavy (non-hydrogen) atoms. The van der Waals surface area contributed by atoms with Gasteiger partial charge in [-0.1, -0.05) is 221 Å². The predicted molar refractivity (Wildman–Crippen MR) is 268 cm³/mol. The molecule has 0 aromatic rings. The van der Waals surface area contributed by atoms with Crippen LogP contribution in [0, 0.1) is 11.8 Å². The van der Waals surface area contributed by atoms with E-state index < -0.39 is 0 Å². The number of carbonyl (C=O) groups excluding carboxylic acids is 3. The van der Waals surface area contributed by atoms with E-state index in [4.69, 9.17) is 9.47 Å². The van der Waals surface area contributed by atoms with Gasteiger partial charge in [0.25, 0.3) is 0 Å². The van der Waals surface area contributed by atoms with Crippen LogP contribution in [-0.4, -0.2) is 48.5 Å². The van der Waals surface area contributed by atoms with Gasteiger partial charge in [0.1, 0.15) is 0 Å². The summed E-state index contributed by atoms with van der Waals surface area (Å²) < 4.78 is 11.8. The van der Waals surface area contributed by atoms with Crippen molar-refractivity contribution in [1.82, 2.24) is 4.90 Å². The standard InChI is InChI=1S/C56H109NO5/c1-7-13-18-23-26-32-41-51(39-30-21-16-10-4)49-61-55(59)46-37-28-34-43-53(57(48-12-6)54(58)45-36-25-20-15-9-3)44-35-29-38-47-56(60)62-50-52(40-31-22-17-11-5)42-33-27-24-19-14-8-2/h51-53H,7-50H2,1-6H3. The maximum absolute atomic E-state index is 13.7. The Hall–Kier alpha value is -1.59. The van der Waals surface area contributed by atoms with Gasteiger partial charge in [-0.3, -0.25) is 14.4 Å². The fraction of sp³-hybridized carbons (Fsp3) is 0.946. The van der Waals surface area contributed by atoms with Crippen LogP contribution < -0.4 is 0 Å². The summed E-state index contributed by atoms with van der Waals surface area (Å²) in [5, 5.41) is 0. The topological polar surface area (TPSA) is 72.9 Å². The van der Waals surface area contributed by atoms with Gasteiger partial charge < -0.3 is 14.4 Å². The third kappa shape index (κ3) is 38.8. The second-order valence-corrected chi connectivity index (χ2v) is 19.5. The number of hydrogen-bond acceptors (Lipinski definition) is 5. The van der Waals surface area contributed by atoms with Gasteiger partial charge in [-0.05, 0) is 76.0 Å². The molecule has 0 fully saturated rings. The number of carbonyl (C=O) groups is 3. The van der Waals surface area contributed by atoms with E-state index in [2.05, 4.69) is 46.4 Å². The molecule has 0 aliphatic carbocycles. The summed E-state index contributed by atoms with van der Waals surface area (Å²) in [5.74, 6) is 1.25. The molecule has 0 radical (unpaired) electrons. The zero-order valence-corrected chi connectivity index (χ0v) is 42.8. The van der Waals surface area contributed by atoms with Crippen LogP contribution in [0.15, 0.2) is 0 Å². The molecule has 0 heterocycles. The van der Waals surface area contributed by atoms with Crippen molar-refractivity contribution in [3.05, 3.63) is 0 Å². The Labute approximate surface area is 387 Å². The highest BCUT2D eigenvalue weighted by atomic mass is 16.5. The summed E-state index contributed by atoms with van der Waals surface area (Å²) in [5.41, 5.74) is 0. The minimum Gasteiger partial charge on any atom is -0.465 e. The summed E-state index contributed by atoms with van der Waals surface area (Å²) in [6.45, 7) is 15.5. The molecule has 0 aliphatic heterocycles. The van der Waals surface area contributed by atoms with Crippen molar-refractivity contribution < 1.29 is 23.9 Å². The summed E-state index contributed by atoms with van der Waals surface area (Å²) in [7, 11) is 0. The van der Waals surface area contributed by atoms with Crippen molar-refractivity contribution in [3.63, 3.8) is 0 Å². The van der Waals surface area contributed by atoms with E-state index in [1.165, 1.54) is 173 Å². The van der Waals surface area contributed by atoms with E-state index in [-0.39, 0.29) is 18.0 Å². The highest BCUT2D eigenvalue weighted by molar-refractivity contribution is 5.76. The van der Waals surface area contributed by atoms with Crippen molar-refractivity contribution in [2.24, 2.45) is 11.8 Å². The average Bonchev–Trinajstić information content (AvgIpc) is 3.27. The number of amides is 1. The number of ether oxygens (including phenoxy) is 2. The second-order valence-electron chi connectivity index (χ2n) is 19.5. The van der Waals surface area contributed by atoms with E-state index in [0.717, 1.165) is 77.2 Å². The highest BCUT2D eigenvalue weighted by Crippen LogP contribution is 2.24. The molecule has 0 rings (SSSR count). The monoisotopic (exact) mass is 876 g/mol. The van der Waals surface area contributed by atoms with Crippen LogP contribution in [0.2, 0.25) is 0 Å². The largest absolute Gasteiger partial charge is 0.465 e. The van der Waals surface area contributed by atoms with E-state index in [0.29, 0.717) is 50.2 Å². The first-order valence-corrected chi connectivity index (χ1v) is 28.0. The Morgan fingerprint density at radius 3 is 1.00 bits per heavy atom. The molecule has 2 atom stereocenters. The lowest BCUT2D eigenvalue weighted by Crippen LogP contribution is -2.41. The number of nitrogens with zero attached hydrogens (tertiary/aromatic N) is 1. The van der Waals surface area contributed by atoms with Gasteiger partial charge in [0, 0.05) is 31.8 Å². The van der Waals surface area contributed by atoms with E-state index in [1.807, 2.05) is 0 Å². The Balaban J connectivity index is 5.05. The summed E-state index contributed by atoms with van der Waals surface area (Å²) in [4.78, 5) is 41.6. The molecule has 0 spiro atoms. The van der Waals surface area contributed by atoms with Crippen molar-refractivity contribution in [2.45, 2.75) is 311 Å². The van der Waals surface area contributed by atoms with Gasteiger partial charge >= 0.3 is 11.9 Å². The van der Waals surface area contributed by atoms with E-state index in [9.17, 15) is 14.4 Å². The van der Waals surface area contributed by atoms with Crippen LogP contribution in [-0.2, 0) is 23.9 Å². The molecular formula is C56H109NO5. The summed E-state index contributed by atoms with van der Waals surface area (Å²) in [6, 6.07) is 0.225. The van der Waals surface area contributed by atoms with Crippen LogP contribution in [0.1, 0.15) is 305 Å². The third-order valence-corrected chi connectivity index (χ3v) is 13.4. The quantitative estimate of drug-likeness (QED) is 0.0450. The zero-order chi connectivity index (χ0) is 45.6. The number of rotatable bonds is 49. The second kappa shape index (κ2) is 47.4. The molecule has 0 aromatic heterocycles. The molecule has 6 heteroatoms. The van der Waals surface area contributed by atoms with Gasteiger partial charge in [0.2, 0.25) is 5.91 Å². The van der Waals surface area contributed by atoms with Gasteiger partial charge in [-0.2, -0.15) is 0 Å². The van der Waals surface area contributed by atoms with Crippen molar-refractivity contribution in [2.75, 3.05) is 19.8 Å². The molecule has 368 valence electrons. The molecule has 0 saturated carbocycles. The number of unbranched alkanes of at least 4 members (excludes halogenated alkanes) is 24. The summed E-state index contributed by atoms with van der Waals surface area (Å²) in [6.07, 6.45) is 46.6. The molecule has 6 nitrogen and oxygen atoms in total. The van der Waals surface area contributed by atoms with Crippen molar-refractivity contribution in [3.8, 4) is 0 Å². The first kappa shape index (κ1) is 60.4. The zero-order valence-electron chi connectivity index (χ0n) is 42.8. The maximum atomic E-state index is 13.7. The summed E-state index contributed by atoms with van der Waals surface area (Å²) >= 11 is 0. The molecule has 0 N–H and O–H groups in total. The first-order chi connectivity index (χ1) is 30.4. The lowest BCUT2D eigenvalue weighted by atomic mass is 9.95. The van der Waals surface area contributed by atoms with Crippen LogP contribution in [0.5, 0.6) is 0 Å². The minimum absolute atomic E-state index is 0.0345.